The van der Waals surface area contributed by atoms with Gasteiger partial charge in [-0.1, -0.05) is 6.07 Å². The van der Waals surface area contributed by atoms with Crippen LogP contribution < -0.4 is 0 Å². The Hall–Kier alpha value is -1.79. The van der Waals surface area contributed by atoms with E-state index in [0.717, 1.165) is 69.4 Å². The summed E-state index contributed by atoms with van der Waals surface area (Å²) < 4.78 is 8.05. The minimum absolute atomic E-state index is 0.142. The molecule has 0 radical (unpaired) electrons. The van der Waals surface area contributed by atoms with Crippen LogP contribution in [0.5, 0.6) is 0 Å². The van der Waals surface area contributed by atoms with Crippen LogP contribution in [0, 0.1) is 0 Å². The third-order valence-electron chi connectivity index (χ3n) is 4.48. The quantitative estimate of drug-likeness (QED) is 0.861. The van der Waals surface area contributed by atoms with E-state index >= 15 is 0 Å². The van der Waals surface area contributed by atoms with Gasteiger partial charge in [0.25, 0.3) is 0 Å². The van der Waals surface area contributed by atoms with Crippen LogP contribution in [0.4, 0.5) is 0 Å². The Morgan fingerprint density at radius 1 is 1.18 bits per heavy atom. The van der Waals surface area contributed by atoms with E-state index in [1.54, 1.807) is 0 Å². The van der Waals surface area contributed by atoms with E-state index in [1.165, 1.54) is 0 Å². The molecule has 0 amide bonds. The molecule has 0 bridgehead atoms. The Labute approximate surface area is 130 Å². The molecule has 0 spiro atoms. The Morgan fingerprint density at radius 3 is 3.00 bits per heavy atom. The van der Waals surface area contributed by atoms with Crippen molar-refractivity contribution in [3.63, 3.8) is 0 Å². The van der Waals surface area contributed by atoms with E-state index in [1.807, 2.05) is 18.3 Å². The molecule has 6 nitrogen and oxygen atoms in total. The summed E-state index contributed by atoms with van der Waals surface area (Å²) in [5, 5.41) is 8.78. The van der Waals surface area contributed by atoms with Crippen LogP contribution in [-0.2, 0) is 24.2 Å². The van der Waals surface area contributed by atoms with E-state index in [4.69, 9.17) is 4.74 Å². The van der Waals surface area contributed by atoms with Crippen molar-refractivity contribution >= 4 is 0 Å². The highest BCUT2D eigenvalue weighted by Gasteiger charge is 2.26. The topological polar surface area (TPSA) is 56.1 Å². The number of rotatable bonds is 3. The first-order valence-corrected chi connectivity index (χ1v) is 8.06. The summed E-state index contributed by atoms with van der Waals surface area (Å²) in [5.41, 5.74) is 1.12. The summed E-state index contributed by atoms with van der Waals surface area (Å²) in [5.74, 6) is 2.11. The molecule has 116 valence electrons. The van der Waals surface area contributed by atoms with Crippen LogP contribution in [0.15, 0.2) is 24.4 Å². The number of hydrogen-bond acceptors (Lipinski definition) is 5. The van der Waals surface area contributed by atoms with E-state index in [9.17, 15) is 0 Å². The van der Waals surface area contributed by atoms with Crippen molar-refractivity contribution in [2.24, 2.45) is 0 Å². The highest BCUT2D eigenvalue weighted by Crippen LogP contribution is 2.28. The van der Waals surface area contributed by atoms with Crippen LogP contribution in [0.3, 0.4) is 0 Å². The van der Waals surface area contributed by atoms with Crippen LogP contribution >= 0.6 is 0 Å². The van der Waals surface area contributed by atoms with E-state index in [0.29, 0.717) is 0 Å². The van der Waals surface area contributed by atoms with Gasteiger partial charge in [0.2, 0.25) is 0 Å². The van der Waals surface area contributed by atoms with E-state index in [-0.39, 0.29) is 6.10 Å². The van der Waals surface area contributed by atoms with Gasteiger partial charge in [-0.15, -0.1) is 10.2 Å². The van der Waals surface area contributed by atoms with E-state index in [2.05, 4.69) is 30.7 Å². The smallest absolute Gasteiger partial charge is 0.162 e. The van der Waals surface area contributed by atoms with Crippen molar-refractivity contribution in [3.05, 3.63) is 41.7 Å². The number of aromatic nitrogens is 4. The number of ether oxygens (including phenoxy) is 1. The van der Waals surface area contributed by atoms with Crippen LogP contribution in [0.25, 0.3) is 0 Å². The monoisotopic (exact) mass is 299 g/mol. The van der Waals surface area contributed by atoms with Crippen molar-refractivity contribution in [2.45, 2.75) is 38.5 Å². The fraction of sp³-hybridized carbons (Fsp3) is 0.562. The fourth-order valence-corrected chi connectivity index (χ4v) is 3.29. The summed E-state index contributed by atoms with van der Waals surface area (Å²) >= 11 is 0. The molecule has 6 heteroatoms. The number of fused-ring (bicyclic) bond motifs is 1. The molecule has 0 aliphatic carbocycles. The van der Waals surface area contributed by atoms with Crippen LogP contribution in [0.1, 0.15) is 36.3 Å². The molecule has 4 rings (SSSR count). The highest BCUT2D eigenvalue weighted by molar-refractivity contribution is 5.05. The minimum Gasteiger partial charge on any atom is -0.370 e. The lowest BCUT2D eigenvalue weighted by Gasteiger charge is -2.19. The summed E-state index contributed by atoms with van der Waals surface area (Å²) in [6.45, 7) is 4.68. The normalized spacial score (nSPS) is 22.5. The van der Waals surface area contributed by atoms with Gasteiger partial charge >= 0.3 is 0 Å². The third kappa shape index (κ3) is 2.76. The molecule has 2 aliphatic heterocycles. The SMILES string of the molecule is c1ccc(CN2CCc3nnc(C4CCCO4)n3CC2)nc1. The number of hydrogen-bond donors (Lipinski definition) is 0. The molecule has 22 heavy (non-hydrogen) atoms. The average Bonchev–Trinajstić information content (AvgIpc) is 3.17. The lowest BCUT2D eigenvalue weighted by atomic mass is 10.2. The maximum atomic E-state index is 5.78. The van der Waals surface area contributed by atoms with Crippen molar-refractivity contribution in [3.8, 4) is 0 Å². The minimum atomic E-state index is 0.142. The first-order valence-electron chi connectivity index (χ1n) is 8.06. The zero-order chi connectivity index (χ0) is 14.8. The second-order valence-corrected chi connectivity index (χ2v) is 5.97. The maximum absolute atomic E-state index is 5.78. The first-order chi connectivity index (χ1) is 10.9. The molecule has 2 aromatic heterocycles. The zero-order valence-electron chi connectivity index (χ0n) is 12.7. The van der Waals surface area contributed by atoms with Crippen LogP contribution in [0.2, 0.25) is 0 Å². The second-order valence-electron chi connectivity index (χ2n) is 5.97. The molecule has 1 fully saturated rings. The maximum Gasteiger partial charge on any atom is 0.162 e. The molecule has 2 aliphatic rings. The average molecular weight is 299 g/mol. The predicted octanol–water partition coefficient (Wildman–Crippen LogP) is 1.58. The molecule has 2 aromatic rings. The molecular formula is C16H21N5O. The lowest BCUT2D eigenvalue weighted by Crippen LogP contribution is -2.27. The molecule has 1 atom stereocenters. The molecular weight excluding hydrogens is 278 g/mol. The molecule has 0 N–H and O–H groups in total. The van der Waals surface area contributed by atoms with Gasteiger partial charge in [-0.05, 0) is 25.0 Å². The zero-order valence-corrected chi connectivity index (χ0v) is 12.7. The fourth-order valence-electron chi connectivity index (χ4n) is 3.29. The van der Waals surface area contributed by atoms with Gasteiger partial charge in [0.15, 0.2) is 5.82 Å². The first kappa shape index (κ1) is 13.8. The molecule has 1 unspecified atom stereocenters. The molecule has 0 saturated carbocycles. The van der Waals surface area contributed by atoms with Crippen molar-refractivity contribution in [1.82, 2.24) is 24.6 Å². The predicted molar refractivity (Wildman–Crippen MR) is 81.2 cm³/mol. The summed E-state index contributed by atoms with van der Waals surface area (Å²) in [6, 6.07) is 6.09. The number of nitrogens with zero attached hydrogens (tertiary/aromatic N) is 5. The van der Waals surface area contributed by atoms with Crippen molar-refractivity contribution in [2.75, 3.05) is 19.7 Å². The van der Waals surface area contributed by atoms with Crippen molar-refractivity contribution < 1.29 is 4.74 Å². The molecule has 1 saturated heterocycles. The van der Waals surface area contributed by atoms with Gasteiger partial charge < -0.3 is 9.30 Å². The highest BCUT2D eigenvalue weighted by atomic mass is 16.5. The van der Waals surface area contributed by atoms with Gasteiger partial charge in [0.1, 0.15) is 11.9 Å². The van der Waals surface area contributed by atoms with Gasteiger partial charge in [0, 0.05) is 45.4 Å². The van der Waals surface area contributed by atoms with Gasteiger partial charge in [0.05, 0.1) is 5.69 Å². The Bertz CT molecular complexity index is 621. The summed E-state index contributed by atoms with van der Waals surface area (Å²) in [6.07, 6.45) is 5.13. The van der Waals surface area contributed by atoms with E-state index < -0.39 is 0 Å². The summed E-state index contributed by atoms with van der Waals surface area (Å²) in [7, 11) is 0. The largest absolute Gasteiger partial charge is 0.370 e. The van der Waals surface area contributed by atoms with Gasteiger partial charge in [-0.2, -0.15) is 0 Å². The molecule has 4 heterocycles. The lowest BCUT2D eigenvalue weighted by molar-refractivity contribution is 0.101. The molecule has 0 aromatic carbocycles. The Kier molecular flexibility index (Phi) is 3.86. The summed E-state index contributed by atoms with van der Waals surface area (Å²) in [4.78, 5) is 6.87. The standard InChI is InChI=1S/C16H21N5O/c1-2-7-17-13(4-1)12-20-8-6-15-18-19-16(21(15)10-9-20)14-5-3-11-22-14/h1-2,4,7,14H,3,5-6,8-12H2. The second kappa shape index (κ2) is 6.14. The number of pyridine rings is 1. The van der Waals surface area contributed by atoms with Gasteiger partial charge in [-0.25, -0.2) is 0 Å². The van der Waals surface area contributed by atoms with Crippen molar-refractivity contribution in [1.29, 1.82) is 0 Å². The third-order valence-corrected chi connectivity index (χ3v) is 4.48. The Balaban J connectivity index is 1.46. The van der Waals surface area contributed by atoms with Gasteiger partial charge in [-0.3, -0.25) is 9.88 Å². The van der Waals surface area contributed by atoms with Crippen LogP contribution in [-0.4, -0.2) is 44.3 Å². The Morgan fingerprint density at radius 2 is 2.18 bits per heavy atom.